The van der Waals surface area contributed by atoms with Gasteiger partial charge in [0.15, 0.2) is 6.10 Å². The molecule has 1 aromatic carbocycles. The summed E-state index contributed by atoms with van der Waals surface area (Å²) in [6.07, 6.45) is -10.5. The molecule has 0 saturated carbocycles. The number of alkyl halides is 7. The smallest absolute Gasteiger partial charge is 0.378 e. The van der Waals surface area contributed by atoms with E-state index in [-0.39, 0.29) is 5.56 Å². The average molecular weight is 444 g/mol. The number of aliphatic hydroxyl groups excluding tert-OH is 1. The van der Waals surface area contributed by atoms with Crippen LogP contribution in [0.1, 0.15) is 38.9 Å². The molecule has 1 amide bonds. The van der Waals surface area contributed by atoms with Crippen LogP contribution in [-0.4, -0.2) is 50.6 Å². The Labute approximate surface area is 166 Å². The fourth-order valence-electron chi connectivity index (χ4n) is 2.76. The molecule has 1 aliphatic rings. The summed E-state index contributed by atoms with van der Waals surface area (Å²) in [6.45, 7) is 4.11. The van der Waals surface area contributed by atoms with Crippen molar-refractivity contribution in [3.63, 3.8) is 0 Å². The molecule has 0 saturated heterocycles. The molecule has 2 atom stereocenters. The van der Waals surface area contributed by atoms with Gasteiger partial charge in [-0.3, -0.25) is 4.79 Å². The maximum atomic E-state index is 14.6. The Hall–Kier alpha value is -2.21. The summed E-state index contributed by atoms with van der Waals surface area (Å²) in [4.78, 5) is 12.6. The summed E-state index contributed by atoms with van der Waals surface area (Å²) in [5.74, 6) is -14.7. The highest BCUT2D eigenvalue weighted by molar-refractivity contribution is 5.95. The van der Waals surface area contributed by atoms with E-state index in [1.165, 1.54) is 51.1 Å². The second-order valence-corrected chi connectivity index (χ2v) is 7.90. The summed E-state index contributed by atoms with van der Waals surface area (Å²) in [5.41, 5.74) is -6.15. The molecule has 0 spiro atoms. The first-order chi connectivity index (χ1) is 13.4. The van der Waals surface area contributed by atoms with Crippen LogP contribution in [0.25, 0.3) is 0 Å². The summed E-state index contributed by atoms with van der Waals surface area (Å²) in [7, 11) is 0. The van der Waals surface area contributed by atoms with E-state index in [1.54, 1.807) is 0 Å². The van der Waals surface area contributed by atoms with Gasteiger partial charge in [0.05, 0.1) is 0 Å². The van der Waals surface area contributed by atoms with Gasteiger partial charge >= 0.3 is 18.0 Å². The second-order valence-electron chi connectivity index (χ2n) is 7.90. The third kappa shape index (κ3) is 3.66. The zero-order valence-corrected chi connectivity index (χ0v) is 16.0. The van der Waals surface area contributed by atoms with E-state index < -0.39 is 58.3 Å². The van der Waals surface area contributed by atoms with Gasteiger partial charge in [-0.25, -0.2) is 0 Å². The van der Waals surface area contributed by atoms with Gasteiger partial charge < -0.3 is 10.2 Å². The quantitative estimate of drug-likeness (QED) is 0.693. The highest BCUT2D eigenvalue weighted by Crippen LogP contribution is 2.55. The van der Waals surface area contributed by atoms with Gasteiger partial charge in [-0.1, -0.05) is 51.1 Å². The van der Waals surface area contributed by atoms with Crippen LogP contribution in [0.4, 0.5) is 30.7 Å². The topological polar surface area (TPSA) is 73.1 Å². The summed E-state index contributed by atoms with van der Waals surface area (Å²) >= 11 is 0. The lowest BCUT2D eigenvalue weighted by Gasteiger charge is -2.41. The normalized spacial score (nSPS) is 22.1. The Morgan fingerprint density at radius 2 is 1.57 bits per heavy atom. The number of carbonyl (C=O) groups is 1. The lowest BCUT2D eigenvalue weighted by Crippen LogP contribution is -2.69. The number of hydrogen-bond donors (Lipinski definition) is 2. The Balaban J connectivity index is 2.61. The van der Waals surface area contributed by atoms with Crippen molar-refractivity contribution in [3.8, 4) is 0 Å². The van der Waals surface area contributed by atoms with Crippen molar-refractivity contribution in [1.29, 1.82) is 0 Å². The Morgan fingerprint density at radius 3 is 2.00 bits per heavy atom. The fraction of sp³-hybridized carbons (Fsp3) is 0.556. The maximum absolute atomic E-state index is 14.6. The predicted octanol–water partition coefficient (Wildman–Crippen LogP) is 3.88. The van der Waals surface area contributed by atoms with Crippen molar-refractivity contribution in [1.82, 2.24) is 5.01 Å². The SMILES string of the molecule is CC(C)(C)C1=NN(C(=O)C(O)c2ccccc2)C(O)(C(F)(F)C(F)(F)C(F)(F)F)C1. The first kappa shape index (κ1) is 24.1. The van der Waals surface area contributed by atoms with Crippen LogP contribution in [0.5, 0.6) is 0 Å². The number of halogens is 7. The van der Waals surface area contributed by atoms with Gasteiger partial charge in [0.1, 0.15) is 0 Å². The summed E-state index contributed by atoms with van der Waals surface area (Å²) in [5, 5.41) is 23.5. The molecule has 5 nitrogen and oxygen atoms in total. The number of hydrogen-bond acceptors (Lipinski definition) is 4. The van der Waals surface area contributed by atoms with Crippen LogP contribution in [0.2, 0.25) is 0 Å². The van der Waals surface area contributed by atoms with E-state index in [9.17, 15) is 45.7 Å². The highest BCUT2D eigenvalue weighted by Gasteiger charge is 2.82. The first-order valence-electron chi connectivity index (χ1n) is 8.57. The molecule has 2 rings (SSSR count). The first-order valence-corrected chi connectivity index (χ1v) is 8.57. The van der Waals surface area contributed by atoms with E-state index in [4.69, 9.17) is 0 Å². The lowest BCUT2D eigenvalue weighted by atomic mass is 9.83. The monoisotopic (exact) mass is 444 g/mol. The van der Waals surface area contributed by atoms with Crippen LogP contribution in [0.15, 0.2) is 35.4 Å². The average Bonchev–Trinajstić information content (AvgIpc) is 3.00. The number of hydrazone groups is 1. The number of aliphatic hydroxyl groups is 2. The van der Waals surface area contributed by atoms with Gasteiger partial charge in [-0.15, -0.1) is 0 Å². The largest absolute Gasteiger partial charge is 0.460 e. The third-order valence-electron chi connectivity index (χ3n) is 4.66. The molecule has 0 fully saturated rings. The van der Waals surface area contributed by atoms with Gasteiger partial charge in [0.2, 0.25) is 5.72 Å². The molecule has 2 N–H and O–H groups in total. The minimum Gasteiger partial charge on any atom is -0.378 e. The second kappa shape index (κ2) is 7.19. The van der Waals surface area contributed by atoms with Crippen molar-refractivity contribution in [3.05, 3.63) is 35.9 Å². The minimum absolute atomic E-state index is 0.171. The number of benzene rings is 1. The van der Waals surface area contributed by atoms with Crippen LogP contribution >= 0.6 is 0 Å². The highest BCUT2D eigenvalue weighted by atomic mass is 19.4. The van der Waals surface area contributed by atoms with E-state index in [0.29, 0.717) is 0 Å². The van der Waals surface area contributed by atoms with E-state index in [1.807, 2.05) is 0 Å². The molecule has 168 valence electrons. The van der Waals surface area contributed by atoms with Crippen molar-refractivity contribution in [2.75, 3.05) is 0 Å². The van der Waals surface area contributed by atoms with Gasteiger partial charge in [0, 0.05) is 17.5 Å². The molecule has 0 radical (unpaired) electrons. The number of carbonyl (C=O) groups excluding carboxylic acids is 1. The molecule has 0 bridgehead atoms. The zero-order chi connectivity index (χ0) is 23.3. The fourth-order valence-corrected chi connectivity index (χ4v) is 2.76. The minimum atomic E-state index is -6.73. The van der Waals surface area contributed by atoms with Gasteiger partial charge in [-0.2, -0.15) is 40.8 Å². The Bertz CT molecular complexity index is 834. The molecular weight excluding hydrogens is 425 g/mol. The third-order valence-corrected chi connectivity index (χ3v) is 4.66. The molecule has 1 aromatic rings. The van der Waals surface area contributed by atoms with Crippen LogP contribution in [-0.2, 0) is 4.79 Å². The lowest BCUT2D eigenvalue weighted by molar-refractivity contribution is -0.401. The molecule has 12 heteroatoms. The van der Waals surface area contributed by atoms with Gasteiger partial charge in [0.25, 0.3) is 5.91 Å². The number of amides is 1. The molecule has 0 aromatic heterocycles. The number of rotatable bonds is 4. The molecule has 2 unspecified atom stereocenters. The van der Waals surface area contributed by atoms with E-state index >= 15 is 0 Å². The van der Waals surface area contributed by atoms with Gasteiger partial charge in [-0.05, 0) is 5.56 Å². The predicted molar refractivity (Wildman–Crippen MR) is 90.7 cm³/mol. The van der Waals surface area contributed by atoms with Crippen LogP contribution in [0.3, 0.4) is 0 Å². The summed E-state index contributed by atoms with van der Waals surface area (Å²) in [6, 6.07) is 6.58. The Kier molecular flexibility index (Phi) is 5.77. The molecular formula is C18H19F7N2O3. The number of nitrogens with zero attached hydrogens (tertiary/aromatic N) is 2. The molecule has 1 aliphatic heterocycles. The van der Waals surface area contributed by atoms with E-state index in [2.05, 4.69) is 5.10 Å². The van der Waals surface area contributed by atoms with Crippen molar-refractivity contribution >= 4 is 11.6 Å². The zero-order valence-electron chi connectivity index (χ0n) is 16.0. The van der Waals surface area contributed by atoms with Crippen molar-refractivity contribution < 1.29 is 45.7 Å². The molecule has 0 aliphatic carbocycles. The van der Waals surface area contributed by atoms with E-state index in [0.717, 1.165) is 0 Å². The van der Waals surface area contributed by atoms with Crippen LogP contribution in [0, 0.1) is 5.41 Å². The van der Waals surface area contributed by atoms with Crippen molar-refractivity contribution in [2.24, 2.45) is 10.5 Å². The van der Waals surface area contributed by atoms with Crippen molar-refractivity contribution in [2.45, 2.75) is 57.0 Å². The maximum Gasteiger partial charge on any atom is 0.460 e. The molecule has 1 heterocycles. The Morgan fingerprint density at radius 1 is 1.07 bits per heavy atom. The van der Waals surface area contributed by atoms with Crippen LogP contribution < -0.4 is 0 Å². The summed E-state index contributed by atoms with van der Waals surface area (Å²) < 4.78 is 94.6. The standard InChI is InChI=1S/C18H19F7N2O3/c1-14(2,3)11-9-15(30,16(19,20)17(21,22)18(23,24)25)27(26-11)13(29)12(28)10-7-5-4-6-8-10/h4-8,12,28,30H,9H2,1-3H3. The molecule has 30 heavy (non-hydrogen) atoms.